The average Bonchev–Trinajstić information content (AvgIpc) is 3.17. The summed E-state index contributed by atoms with van der Waals surface area (Å²) in [5.41, 5.74) is 15.2. The number of hydrogen-bond donors (Lipinski definition) is 3. The molecule has 0 bridgehead atoms. The molecular formula is C40H39N3O7Y4-4. The molecule has 1 amide bonds. The second-order valence-electron chi connectivity index (χ2n) is 11.9. The molecule has 0 spiro atoms. The number of aryl methyl sites for hydroxylation is 4. The Morgan fingerprint density at radius 1 is 0.648 bits per heavy atom. The Balaban J connectivity index is 0.000000352. The van der Waals surface area contributed by atoms with Gasteiger partial charge in [0.25, 0.3) is 5.91 Å². The molecule has 5 N–H and O–H groups in total. The maximum absolute atomic E-state index is 10.9. The van der Waals surface area contributed by atoms with Crippen LogP contribution in [0.3, 0.4) is 0 Å². The van der Waals surface area contributed by atoms with Crippen LogP contribution in [0.15, 0.2) is 72.8 Å². The molecule has 14 heteroatoms. The molecule has 272 valence electrons. The van der Waals surface area contributed by atoms with Crippen LogP contribution in [0.4, 0.5) is 0 Å². The Kier molecular flexibility index (Phi) is 25.2. The fraction of sp³-hybridized carbons (Fsp3) is 0.325. The van der Waals surface area contributed by atoms with Gasteiger partial charge in [-0.2, -0.15) is 72.8 Å². The van der Waals surface area contributed by atoms with Crippen molar-refractivity contribution in [3.63, 3.8) is 0 Å². The molecule has 0 fully saturated rings. The van der Waals surface area contributed by atoms with Crippen molar-refractivity contribution in [2.45, 2.75) is 75.9 Å². The molecule has 0 aliphatic carbocycles. The first kappa shape index (κ1) is 50.9. The largest absolute Gasteiger partial charge is 0.514 e. The predicted octanol–water partition coefficient (Wildman–Crippen LogP) is 5.12. The number of nitrogens with two attached hydrogens (primary N) is 2. The Morgan fingerprint density at radius 2 is 1.04 bits per heavy atom. The summed E-state index contributed by atoms with van der Waals surface area (Å²) in [6.07, 6.45) is 5.40. The molecule has 4 aliphatic heterocycles. The van der Waals surface area contributed by atoms with Crippen LogP contribution in [0, 0.1) is 30.8 Å². The fourth-order valence-corrected chi connectivity index (χ4v) is 5.71. The Morgan fingerprint density at radius 3 is 1.46 bits per heavy atom. The number of primary amides is 1. The number of carboxylic acid groups (broad SMARTS) is 1. The van der Waals surface area contributed by atoms with E-state index in [-0.39, 0.29) is 143 Å². The topological polar surface area (TPSA) is 148 Å². The van der Waals surface area contributed by atoms with Crippen LogP contribution in [-0.4, -0.2) is 48.1 Å². The second-order valence-corrected chi connectivity index (χ2v) is 11.9. The summed E-state index contributed by atoms with van der Waals surface area (Å²) in [5.74, 6) is 1.99. The molecule has 4 radical (unpaired) electrons. The van der Waals surface area contributed by atoms with Gasteiger partial charge >= 0.3 is 12.2 Å². The Bertz CT molecular complexity index is 1740. The number of ether oxygens (including phenoxy) is 4. The summed E-state index contributed by atoms with van der Waals surface area (Å²) >= 11 is 0. The van der Waals surface area contributed by atoms with Crippen LogP contribution in [0.1, 0.15) is 47.9 Å². The second kappa shape index (κ2) is 26.7. The molecule has 0 aromatic heterocycles. The Hall–Kier alpha value is -1.11. The van der Waals surface area contributed by atoms with E-state index >= 15 is 0 Å². The molecule has 4 heterocycles. The predicted molar refractivity (Wildman–Crippen MR) is 185 cm³/mol. The summed E-state index contributed by atoms with van der Waals surface area (Å²) in [6, 6.07) is 34.1. The van der Waals surface area contributed by atoms with Gasteiger partial charge in [0.05, 0.1) is 6.42 Å². The van der Waals surface area contributed by atoms with Gasteiger partial charge in [-0.15, -0.1) is 46.5 Å². The van der Waals surface area contributed by atoms with Crippen molar-refractivity contribution in [3.8, 4) is 23.0 Å². The van der Waals surface area contributed by atoms with Crippen LogP contribution in [0.5, 0.6) is 23.0 Å². The van der Waals surface area contributed by atoms with Crippen molar-refractivity contribution >= 4 is 11.9 Å². The number of aliphatic carboxylic acids is 1. The van der Waals surface area contributed by atoms with E-state index in [9.17, 15) is 9.59 Å². The van der Waals surface area contributed by atoms with Gasteiger partial charge in [0.2, 0.25) is 0 Å². The van der Waals surface area contributed by atoms with Crippen molar-refractivity contribution < 1.29 is 164 Å². The van der Waals surface area contributed by atoms with Crippen LogP contribution >= 0.6 is 0 Å². The van der Waals surface area contributed by atoms with Gasteiger partial charge in [0.1, 0.15) is 6.10 Å². The van der Waals surface area contributed by atoms with Crippen LogP contribution in [-0.2, 0) is 166 Å². The number of nitrogens with zero attached hydrogens (tertiary/aromatic N) is 1. The van der Waals surface area contributed by atoms with Gasteiger partial charge in [-0.3, -0.25) is 9.64 Å². The van der Waals surface area contributed by atoms with E-state index in [1.54, 1.807) is 18.2 Å². The fourth-order valence-electron chi connectivity index (χ4n) is 5.71. The molecule has 10 nitrogen and oxygen atoms in total. The van der Waals surface area contributed by atoms with Crippen molar-refractivity contribution in [3.05, 3.63) is 131 Å². The van der Waals surface area contributed by atoms with E-state index in [2.05, 4.69) is 29.1 Å². The number of carbonyl (C=O) groups is 2. The van der Waals surface area contributed by atoms with E-state index in [0.717, 1.165) is 72.5 Å². The van der Waals surface area contributed by atoms with Crippen LogP contribution < -0.4 is 30.4 Å². The van der Waals surface area contributed by atoms with E-state index < -0.39 is 24.1 Å². The standard InChI is InChI=1S/C10H10NO2.C10H8NO.C10H12NO.C10H9O3.4Y/c11-10(12)9-6-5-7-3-1-2-4-8(7)13-9;1-11-10-7-6-8-4-2-3-5-9(8)12-10;11-7-9-6-5-8-3-1-2-4-10(8)12-9;11-10(12)9-6-5-7-3-1-2-4-8(7)13-9;;;;/h2-4,9H,5-6H2,(H2,11,12);3-5,10H,6-7H2;2-4,9H,5-7,11H2;2-4,9H,5-6H2,(H,11,12);;;;/q4*-1;;;;. The smallest absolute Gasteiger partial charge is 0.363 e. The first-order valence-electron chi connectivity index (χ1n) is 16.6. The van der Waals surface area contributed by atoms with Gasteiger partial charge in [-0.25, -0.2) is 11.4 Å². The van der Waals surface area contributed by atoms with Crippen LogP contribution in [0.25, 0.3) is 4.85 Å². The number of fused-ring (bicyclic) bond motifs is 4. The first-order valence-corrected chi connectivity index (χ1v) is 16.6. The van der Waals surface area contributed by atoms with Crippen molar-refractivity contribution in [2.24, 2.45) is 11.5 Å². The molecule has 4 unspecified atom stereocenters. The van der Waals surface area contributed by atoms with Gasteiger partial charge in [-0.05, 0) is 19.3 Å². The first-order chi connectivity index (χ1) is 24.3. The molecule has 0 saturated heterocycles. The molecule has 4 atom stereocenters. The van der Waals surface area contributed by atoms with E-state index in [0.29, 0.717) is 25.1 Å². The normalized spacial score (nSPS) is 19.0. The maximum atomic E-state index is 10.9. The average molecular weight is 1030 g/mol. The zero-order valence-corrected chi connectivity index (χ0v) is 41.3. The molecule has 54 heavy (non-hydrogen) atoms. The van der Waals surface area contributed by atoms with Gasteiger partial charge in [0, 0.05) is 160 Å². The molecule has 4 aliphatic rings. The summed E-state index contributed by atoms with van der Waals surface area (Å²) in [5, 5.41) is 8.73. The SMILES string of the molecule is NC(=O)C1CCc2c[c-]ccc2O1.NCC1CCc2c[c-]ccc2O1.O=C(O)C1CCc2c[c-]ccc2O1.[C-]#[N+]C1CCc2c[c-]ccc2O1.[Y].[Y].[Y].[Y]. The molecule has 4 aromatic carbocycles. The van der Waals surface area contributed by atoms with Crippen molar-refractivity contribution in [1.82, 2.24) is 0 Å². The van der Waals surface area contributed by atoms with Gasteiger partial charge in [-0.1, -0.05) is 25.7 Å². The molecule has 4 aromatic rings. The summed E-state index contributed by atoms with van der Waals surface area (Å²) in [6.45, 7) is 7.44. The minimum Gasteiger partial charge on any atom is -0.514 e. The number of carbonyl (C=O) groups excluding carboxylic acids is 1. The minimum atomic E-state index is -0.890. The van der Waals surface area contributed by atoms with E-state index in [4.69, 9.17) is 42.1 Å². The van der Waals surface area contributed by atoms with Crippen molar-refractivity contribution in [2.75, 3.05) is 6.54 Å². The van der Waals surface area contributed by atoms with Gasteiger partial charge < -0.3 is 35.5 Å². The zero-order valence-electron chi connectivity index (χ0n) is 29.9. The Labute approximate surface area is 418 Å². The maximum Gasteiger partial charge on any atom is 0.363 e. The number of hydrogen-bond acceptors (Lipinski definition) is 7. The molecular weight excluding hydrogens is 990 g/mol. The zero-order chi connectivity index (χ0) is 35.3. The monoisotopic (exact) mass is 1030 g/mol. The molecule has 0 saturated carbocycles. The number of carboxylic acids is 1. The third-order valence-corrected chi connectivity index (χ3v) is 8.46. The van der Waals surface area contributed by atoms with E-state index in [1.165, 1.54) is 5.56 Å². The van der Waals surface area contributed by atoms with Gasteiger partial charge in [0.15, 0.2) is 12.2 Å². The number of benzene rings is 4. The van der Waals surface area contributed by atoms with Crippen LogP contribution in [0.2, 0.25) is 0 Å². The summed E-state index contributed by atoms with van der Waals surface area (Å²) in [4.78, 5) is 24.8. The molecule has 8 rings (SSSR count). The summed E-state index contributed by atoms with van der Waals surface area (Å²) in [7, 11) is 0. The quantitative estimate of drug-likeness (QED) is 0.240. The van der Waals surface area contributed by atoms with Crippen molar-refractivity contribution in [1.29, 1.82) is 0 Å². The number of rotatable bonds is 3. The number of amides is 1. The third-order valence-electron chi connectivity index (χ3n) is 8.46. The minimum absolute atomic E-state index is 0. The summed E-state index contributed by atoms with van der Waals surface area (Å²) < 4.78 is 21.7. The van der Waals surface area contributed by atoms with E-state index in [1.807, 2.05) is 54.6 Å². The third kappa shape index (κ3) is 15.3.